The third-order valence-electron chi connectivity index (χ3n) is 5.39. The maximum atomic E-state index is 10.0. The smallest absolute Gasteiger partial charge is 0.147 e. The van der Waals surface area contributed by atoms with Crippen molar-refractivity contribution < 1.29 is 50.3 Å². The summed E-state index contributed by atoms with van der Waals surface area (Å²) in [4.78, 5) is 0. The summed E-state index contributed by atoms with van der Waals surface area (Å²) in [7, 11) is 0. The predicted octanol–water partition coefficient (Wildman–Crippen LogP) is -3.93. The third-order valence-corrected chi connectivity index (χ3v) is 5.39. The van der Waals surface area contributed by atoms with Crippen molar-refractivity contribution in [2.24, 2.45) is 0 Å². The summed E-state index contributed by atoms with van der Waals surface area (Å²) in [6.45, 7) is -1.07. The Bertz CT molecular complexity index is 805. The van der Waals surface area contributed by atoms with Gasteiger partial charge in [-0.25, -0.2) is 0 Å². The molecule has 0 amide bonds. The summed E-state index contributed by atoms with van der Waals surface area (Å²) in [5, 5.41) is 77.6. The molecular weight excluding hydrogens is 424 g/mol. The van der Waals surface area contributed by atoms with Crippen molar-refractivity contribution in [1.82, 2.24) is 0 Å². The molecule has 174 valence electrons. The van der Waals surface area contributed by atoms with Crippen LogP contribution in [-0.4, -0.2) is 115 Å². The number of hydrogen-bond acceptors (Lipinski definition) is 10. The van der Waals surface area contributed by atoms with Crippen molar-refractivity contribution in [2.75, 3.05) is 13.2 Å². The largest absolute Gasteiger partial charge is 0.394 e. The maximum absolute atomic E-state index is 10.0. The fourth-order valence-electron chi connectivity index (χ4n) is 3.39. The van der Waals surface area contributed by atoms with Crippen molar-refractivity contribution in [3.63, 3.8) is 0 Å². The van der Waals surface area contributed by atoms with E-state index in [9.17, 15) is 40.9 Å². The summed E-state index contributed by atoms with van der Waals surface area (Å²) in [6, 6.07) is 6.53. The van der Waals surface area contributed by atoms with Crippen LogP contribution in [0.1, 0.15) is 11.1 Å². The Morgan fingerprint density at radius 2 is 0.906 bits per heavy atom. The summed E-state index contributed by atoms with van der Waals surface area (Å²) in [5.74, 6) is 10.9. The molecule has 0 aromatic heterocycles. The van der Waals surface area contributed by atoms with Crippen LogP contribution in [0.4, 0.5) is 0 Å². The van der Waals surface area contributed by atoms with Crippen molar-refractivity contribution in [3.05, 3.63) is 35.4 Å². The number of ether oxygens (including phenoxy) is 2. The molecule has 32 heavy (non-hydrogen) atoms. The van der Waals surface area contributed by atoms with E-state index < -0.39 is 74.3 Å². The van der Waals surface area contributed by atoms with Gasteiger partial charge in [-0.05, 0) is 24.3 Å². The predicted molar refractivity (Wildman–Crippen MR) is 108 cm³/mol. The van der Waals surface area contributed by atoms with Gasteiger partial charge in [0.2, 0.25) is 0 Å². The summed E-state index contributed by atoms with van der Waals surface area (Å²) in [6.07, 6.45) is -13.1. The number of aliphatic hydroxyl groups excluding tert-OH is 8. The molecule has 2 saturated heterocycles. The first-order valence-electron chi connectivity index (χ1n) is 10.0. The zero-order valence-electron chi connectivity index (χ0n) is 16.9. The number of rotatable bonds is 2. The van der Waals surface area contributed by atoms with E-state index in [1.54, 1.807) is 24.3 Å². The molecule has 8 N–H and O–H groups in total. The molecular formula is C22H26O10. The zero-order valence-corrected chi connectivity index (χ0v) is 16.9. The minimum Gasteiger partial charge on any atom is -0.394 e. The van der Waals surface area contributed by atoms with E-state index >= 15 is 0 Å². The van der Waals surface area contributed by atoms with Crippen LogP contribution in [0, 0.1) is 23.7 Å². The molecule has 2 heterocycles. The molecule has 2 aliphatic heterocycles. The molecule has 1 aromatic carbocycles. The Kier molecular flexibility index (Phi) is 8.22. The Morgan fingerprint density at radius 3 is 1.22 bits per heavy atom. The van der Waals surface area contributed by atoms with E-state index in [0.29, 0.717) is 11.1 Å². The standard InChI is InChI=1S/C22H26O10/c23-9-15-19(27)21(29)17(25)13(31-15)7-5-11-1-2-12(4-3-11)6-8-14-18(26)22(30)20(28)16(10-24)32-14/h1-4,13-30H,9-10H2. The zero-order chi connectivity index (χ0) is 23.4. The van der Waals surface area contributed by atoms with Gasteiger partial charge < -0.3 is 50.3 Å². The molecule has 0 radical (unpaired) electrons. The molecule has 10 heteroatoms. The minimum absolute atomic E-state index is 0.537. The van der Waals surface area contributed by atoms with Crippen molar-refractivity contribution in [3.8, 4) is 23.7 Å². The Morgan fingerprint density at radius 1 is 0.562 bits per heavy atom. The quantitative estimate of drug-likeness (QED) is 0.207. The molecule has 10 unspecified atom stereocenters. The van der Waals surface area contributed by atoms with Gasteiger partial charge in [0, 0.05) is 11.1 Å². The van der Waals surface area contributed by atoms with Gasteiger partial charge in [-0.3, -0.25) is 0 Å². The number of aliphatic hydroxyl groups is 8. The molecule has 10 nitrogen and oxygen atoms in total. The molecule has 3 rings (SSSR count). The van der Waals surface area contributed by atoms with Crippen LogP contribution in [0.25, 0.3) is 0 Å². The molecule has 0 aliphatic carbocycles. The van der Waals surface area contributed by atoms with E-state index in [4.69, 9.17) is 9.47 Å². The molecule has 2 aliphatic rings. The summed E-state index contributed by atoms with van der Waals surface area (Å²) < 4.78 is 10.7. The highest BCUT2D eigenvalue weighted by molar-refractivity contribution is 5.43. The number of hydrogen-bond donors (Lipinski definition) is 8. The fourth-order valence-corrected chi connectivity index (χ4v) is 3.39. The second-order valence-corrected chi connectivity index (χ2v) is 7.61. The van der Waals surface area contributed by atoms with Gasteiger partial charge in [0.25, 0.3) is 0 Å². The van der Waals surface area contributed by atoms with Gasteiger partial charge in [0.15, 0.2) is 0 Å². The fraction of sp³-hybridized carbons (Fsp3) is 0.545. The lowest BCUT2D eigenvalue weighted by Crippen LogP contribution is -2.58. The molecule has 0 spiro atoms. The van der Waals surface area contributed by atoms with Crippen LogP contribution >= 0.6 is 0 Å². The third kappa shape index (κ3) is 5.29. The van der Waals surface area contributed by atoms with Gasteiger partial charge in [-0.15, -0.1) is 0 Å². The second kappa shape index (κ2) is 10.7. The molecule has 0 saturated carbocycles. The SMILES string of the molecule is OCC1OC(C#Cc2ccc(C#CC3OC(CO)C(O)C(O)C3O)cc2)C(O)C(O)C1O. The van der Waals surface area contributed by atoms with E-state index in [1.165, 1.54) is 0 Å². The van der Waals surface area contributed by atoms with Crippen molar-refractivity contribution >= 4 is 0 Å². The van der Waals surface area contributed by atoms with Crippen LogP contribution < -0.4 is 0 Å². The molecule has 1 aromatic rings. The summed E-state index contributed by atoms with van der Waals surface area (Å²) in [5.41, 5.74) is 1.08. The monoisotopic (exact) mass is 450 g/mol. The van der Waals surface area contributed by atoms with E-state index in [2.05, 4.69) is 23.7 Å². The van der Waals surface area contributed by atoms with Crippen LogP contribution in [0.3, 0.4) is 0 Å². The Balaban J connectivity index is 1.67. The first-order valence-corrected chi connectivity index (χ1v) is 10.0. The second-order valence-electron chi connectivity index (χ2n) is 7.61. The van der Waals surface area contributed by atoms with Crippen LogP contribution in [0.15, 0.2) is 24.3 Å². The summed E-state index contributed by atoms with van der Waals surface area (Å²) >= 11 is 0. The highest BCUT2D eigenvalue weighted by Crippen LogP contribution is 2.22. The van der Waals surface area contributed by atoms with E-state index in [1.807, 2.05) is 0 Å². The van der Waals surface area contributed by atoms with Crippen LogP contribution in [-0.2, 0) is 9.47 Å². The minimum atomic E-state index is -1.50. The average molecular weight is 450 g/mol. The molecule has 2 fully saturated rings. The van der Waals surface area contributed by atoms with Gasteiger partial charge in [-0.2, -0.15) is 0 Å². The van der Waals surface area contributed by atoms with Crippen LogP contribution in [0.5, 0.6) is 0 Å². The normalized spacial score (nSPS) is 39.4. The first-order chi connectivity index (χ1) is 15.3. The molecule has 10 atom stereocenters. The number of benzene rings is 1. The highest BCUT2D eigenvalue weighted by atomic mass is 16.5. The lowest BCUT2D eigenvalue weighted by Gasteiger charge is -2.37. The molecule has 0 bridgehead atoms. The first kappa shape index (κ1) is 24.6. The van der Waals surface area contributed by atoms with E-state index in [-0.39, 0.29) is 0 Å². The van der Waals surface area contributed by atoms with Crippen molar-refractivity contribution in [1.29, 1.82) is 0 Å². The maximum Gasteiger partial charge on any atom is 0.147 e. The van der Waals surface area contributed by atoms with E-state index in [0.717, 1.165) is 0 Å². The Hall–Kier alpha value is -2.06. The van der Waals surface area contributed by atoms with Gasteiger partial charge in [0.05, 0.1) is 13.2 Å². The van der Waals surface area contributed by atoms with Gasteiger partial charge in [-0.1, -0.05) is 23.7 Å². The topological polar surface area (TPSA) is 180 Å². The lowest BCUT2D eigenvalue weighted by atomic mass is 9.95. The highest BCUT2D eigenvalue weighted by Gasteiger charge is 2.43. The van der Waals surface area contributed by atoms with Gasteiger partial charge >= 0.3 is 0 Å². The lowest BCUT2D eigenvalue weighted by molar-refractivity contribution is -0.214. The van der Waals surface area contributed by atoms with Gasteiger partial charge in [0.1, 0.15) is 61.0 Å². The Labute approximate surface area is 184 Å². The van der Waals surface area contributed by atoms with Crippen molar-refractivity contribution in [2.45, 2.75) is 61.0 Å². The van der Waals surface area contributed by atoms with Crippen LogP contribution in [0.2, 0.25) is 0 Å². The average Bonchev–Trinajstić information content (AvgIpc) is 2.81.